The van der Waals surface area contributed by atoms with Crippen LogP contribution in [-0.2, 0) is 4.74 Å². The van der Waals surface area contributed by atoms with Crippen LogP contribution < -0.4 is 0 Å². The van der Waals surface area contributed by atoms with Gasteiger partial charge in [0.1, 0.15) is 5.51 Å². The summed E-state index contributed by atoms with van der Waals surface area (Å²) in [6.45, 7) is 3.14. The van der Waals surface area contributed by atoms with Crippen molar-refractivity contribution >= 4 is 23.1 Å². The second-order valence-electron chi connectivity index (χ2n) is 4.22. The Kier molecular flexibility index (Phi) is 5.06. The molecule has 3 nitrogen and oxygen atoms in total. The maximum atomic E-state index is 5.93. The van der Waals surface area contributed by atoms with E-state index in [1.807, 2.05) is 0 Å². The highest BCUT2D eigenvalue weighted by Crippen LogP contribution is 2.26. The summed E-state index contributed by atoms with van der Waals surface area (Å²) in [5.74, 6) is 1.72. The SMILES string of the molecule is C[C@H]1CCCC[C@H]1OCCSc1nncs1. The molecule has 1 aromatic rings. The van der Waals surface area contributed by atoms with Crippen molar-refractivity contribution in [2.24, 2.45) is 5.92 Å². The molecule has 0 aromatic carbocycles. The lowest BCUT2D eigenvalue weighted by molar-refractivity contribution is 0.00347. The number of thioether (sulfide) groups is 1. The Labute approximate surface area is 105 Å². The molecule has 0 N–H and O–H groups in total. The smallest absolute Gasteiger partial charge is 0.174 e. The molecule has 90 valence electrons. The number of hydrogen-bond acceptors (Lipinski definition) is 5. The molecule has 5 heteroatoms. The molecule has 0 bridgehead atoms. The first kappa shape index (κ1) is 12.3. The molecule has 2 rings (SSSR count). The molecule has 2 atom stereocenters. The van der Waals surface area contributed by atoms with E-state index in [-0.39, 0.29) is 0 Å². The van der Waals surface area contributed by atoms with Gasteiger partial charge >= 0.3 is 0 Å². The maximum absolute atomic E-state index is 5.93. The summed E-state index contributed by atoms with van der Waals surface area (Å²) in [5.41, 5.74) is 1.77. The summed E-state index contributed by atoms with van der Waals surface area (Å²) in [5, 5.41) is 7.80. The number of rotatable bonds is 5. The fourth-order valence-corrected chi connectivity index (χ4v) is 3.47. The van der Waals surface area contributed by atoms with Gasteiger partial charge in [-0.25, -0.2) is 0 Å². The van der Waals surface area contributed by atoms with Crippen molar-refractivity contribution in [3.63, 3.8) is 0 Å². The van der Waals surface area contributed by atoms with Crippen LogP contribution in [0.25, 0.3) is 0 Å². The van der Waals surface area contributed by atoms with Gasteiger partial charge in [0.25, 0.3) is 0 Å². The van der Waals surface area contributed by atoms with Gasteiger partial charge in [-0.2, -0.15) is 0 Å². The molecule has 0 amide bonds. The van der Waals surface area contributed by atoms with Crippen molar-refractivity contribution in [3.8, 4) is 0 Å². The van der Waals surface area contributed by atoms with Crippen molar-refractivity contribution in [2.45, 2.75) is 43.1 Å². The zero-order valence-corrected chi connectivity index (χ0v) is 11.2. The molecule has 0 saturated heterocycles. The van der Waals surface area contributed by atoms with E-state index in [4.69, 9.17) is 4.74 Å². The zero-order valence-electron chi connectivity index (χ0n) is 9.59. The van der Waals surface area contributed by atoms with Gasteiger partial charge in [0.05, 0.1) is 12.7 Å². The molecule has 1 aliphatic rings. The summed E-state index contributed by atoms with van der Waals surface area (Å²) < 4.78 is 6.97. The van der Waals surface area contributed by atoms with Gasteiger partial charge in [0.15, 0.2) is 4.34 Å². The summed E-state index contributed by atoms with van der Waals surface area (Å²) in [6.07, 6.45) is 5.77. The Morgan fingerprint density at radius 2 is 2.38 bits per heavy atom. The highest BCUT2D eigenvalue weighted by Gasteiger charge is 2.21. The molecule has 0 aliphatic heterocycles. The number of hydrogen-bond donors (Lipinski definition) is 0. The van der Waals surface area contributed by atoms with E-state index in [2.05, 4.69) is 17.1 Å². The predicted octanol–water partition coefficient (Wildman–Crippen LogP) is 3.23. The van der Waals surface area contributed by atoms with Crippen LogP contribution in [0.15, 0.2) is 9.85 Å². The Morgan fingerprint density at radius 1 is 1.50 bits per heavy atom. The molecule has 1 aliphatic carbocycles. The number of aromatic nitrogens is 2. The number of ether oxygens (including phenoxy) is 1. The zero-order chi connectivity index (χ0) is 11.2. The second kappa shape index (κ2) is 6.57. The predicted molar refractivity (Wildman–Crippen MR) is 68.0 cm³/mol. The molecular weight excluding hydrogens is 240 g/mol. The van der Waals surface area contributed by atoms with Gasteiger partial charge in [-0.1, -0.05) is 42.9 Å². The van der Waals surface area contributed by atoms with Crippen molar-refractivity contribution in [1.82, 2.24) is 10.2 Å². The first-order valence-corrected chi connectivity index (χ1v) is 7.73. The average Bonchev–Trinajstić information content (AvgIpc) is 2.79. The van der Waals surface area contributed by atoms with Crippen molar-refractivity contribution in [2.75, 3.05) is 12.4 Å². The van der Waals surface area contributed by atoms with E-state index >= 15 is 0 Å². The van der Waals surface area contributed by atoms with E-state index in [9.17, 15) is 0 Å². The monoisotopic (exact) mass is 258 g/mol. The minimum atomic E-state index is 0.490. The van der Waals surface area contributed by atoms with Crippen LogP contribution in [0.4, 0.5) is 0 Å². The Bertz CT molecular complexity index is 292. The van der Waals surface area contributed by atoms with Crippen LogP contribution in [-0.4, -0.2) is 28.7 Å². The summed E-state index contributed by atoms with van der Waals surface area (Å²) in [4.78, 5) is 0. The summed E-state index contributed by atoms with van der Waals surface area (Å²) in [7, 11) is 0. The van der Waals surface area contributed by atoms with Gasteiger partial charge < -0.3 is 4.74 Å². The third kappa shape index (κ3) is 3.71. The lowest BCUT2D eigenvalue weighted by Crippen LogP contribution is -2.26. The fraction of sp³-hybridized carbons (Fsp3) is 0.818. The molecule has 0 spiro atoms. The Morgan fingerprint density at radius 3 is 3.12 bits per heavy atom. The Hall–Kier alpha value is -0.130. The quantitative estimate of drug-likeness (QED) is 0.600. The highest BCUT2D eigenvalue weighted by atomic mass is 32.2. The molecule has 1 heterocycles. The summed E-state index contributed by atoms with van der Waals surface area (Å²) in [6, 6.07) is 0. The summed E-state index contributed by atoms with van der Waals surface area (Å²) >= 11 is 3.33. The molecular formula is C11H18N2OS2. The van der Waals surface area contributed by atoms with Crippen molar-refractivity contribution in [3.05, 3.63) is 5.51 Å². The van der Waals surface area contributed by atoms with Crippen LogP contribution in [0.5, 0.6) is 0 Å². The largest absolute Gasteiger partial charge is 0.377 e. The van der Waals surface area contributed by atoms with E-state index in [0.717, 1.165) is 22.6 Å². The van der Waals surface area contributed by atoms with Crippen LogP contribution in [0.3, 0.4) is 0 Å². The Balaban J connectivity index is 1.60. The van der Waals surface area contributed by atoms with Crippen LogP contribution in [0.2, 0.25) is 0 Å². The molecule has 0 unspecified atom stereocenters. The minimum Gasteiger partial charge on any atom is -0.377 e. The van der Waals surface area contributed by atoms with Crippen molar-refractivity contribution in [1.29, 1.82) is 0 Å². The van der Waals surface area contributed by atoms with Gasteiger partial charge in [-0.3, -0.25) is 0 Å². The van der Waals surface area contributed by atoms with Gasteiger partial charge in [-0.05, 0) is 18.8 Å². The van der Waals surface area contributed by atoms with Gasteiger partial charge in [-0.15, -0.1) is 10.2 Å². The first-order chi connectivity index (χ1) is 7.86. The lowest BCUT2D eigenvalue weighted by atomic mass is 9.88. The third-order valence-electron chi connectivity index (χ3n) is 3.01. The molecule has 16 heavy (non-hydrogen) atoms. The topological polar surface area (TPSA) is 35.0 Å². The van der Waals surface area contributed by atoms with Crippen LogP contribution in [0, 0.1) is 5.92 Å². The van der Waals surface area contributed by atoms with E-state index in [1.54, 1.807) is 28.6 Å². The molecule has 1 fully saturated rings. The van der Waals surface area contributed by atoms with Crippen molar-refractivity contribution < 1.29 is 4.74 Å². The molecule has 1 aromatic heterocycles. The second-order valence-corrected chi connectivity index (χ2v) is 6.40. The lowest BCUT2D eigenvalue weighted by Gasteiger charge is -2.28. The normalized spacial score (nSPS) is 25.8. The maximum Gasteiger partial charge on any atom is 0.174 e. The fourth-order valence-electron chi connectivity index (χ4n) is 2.08. The van der Waals surface area contributed by atoms with E-state index < -0.39 is 0 Å². The van der Waals surface area contributed by atoms with Crippen LogP contribution in [0.1, 0.15) is 32.6 Å². The molecule has 1 saturated carbocycles. The van der Waals surface area contributed by atoms with E-state index in [1.165, 1.54) is 25.7 Å². The highest BCUT2D eigenvalue weighted by molar-refractivity contribution is 8.01. The van der Waals surface area contributed by atoms with Crippen LogP contribution >= 0.6 is 23.1 Å². The first-order valence-electron chi connectivity index (χ1n) is 5.87. The van der Waals surface area contributed by atoms with Gasteiger partial charge in [0, 0.05) is 5.75 Å². The molecule has 0 radical (unpaired) electrons. The number of nitrogens with zero attached hydrogens (tertiary/aromatic N) is 2. The standard InChI is InChI=1S/C11H18N2OS2/c1-9-4-2-3-5-10(9)14-6-7-15-11-13-12-8-16-11/h8-10H,2-7H2,1H3/t9-,10+/m0/s1. The van der Waals surface area contributed by atoms with Gasteiger partial charge in [0.2, 0.25) is 0 Å². The van der Waals surface area contributed by atoms with E-state index in [0.29, 0.717) is 6.10 Å². The minimum absolute atomic E-state index is 0.490. The third-order valence-corrected chi connectivity index (χ3v) is 4.84. The average molecular weight is 258 g/mol.